The molecule has 11 heteroatoms. The van der Waals surface area contributed by atoms with Gasteiger partial charge in [-0.25, -0.2) is 14.0 Å². The number of rotatable bonds is 6. The fourth-order valence-corrected chi connectivity index (χ4v) is 6.00. The number of ether oxygens (including phenoxy) is 2. The van der Waals surface area contributed by atoms with Gasteiger partial charge in [0.25, 0.3) is 0 Å². The van der Waals surface area contributed by atoms with Crippen LogP contribution in [0.4, 0.5) is 5.69 Å². The average Bonchev–Trinajstić information content (AvgIpc) is 3.46. The van der Waals surface area contributed by atoms with Crippen molar-refractivity contribution in [2.75, 3.05) is 18.5 Å². The number of aryl methyl sites for hydroxylation is 1. The first-order valence-electron chi connectivity index (χ1n) is 11.2. The molecule has 32 heavy (non-hydrogen) atoms. The standard InChI is InChI=1S/C21H30N6O4S/c1-3-30-13-10-27-20(31-11-13)17(9-23-27)32(22,29)26-21(28)25-19-14-5-4-6-16(14)24-18-12(2)7-8-15(18)19/h9,12-13,21,28H,3-8,10-11H2,1-2H3,(H,24,25)(H2,22,26,29). The molecule has 174 valence electrons. The fraction of sp³-hybridized carbons (Fsp3) is 0.619. The lowest BCUT2D eigenvalue weighted by molar-refractivity contribution is -0.00758. The molecule has 4 unspecified atom stereocenters. The molecule has 4 N–H and O–H groups in total. The van der Waals surface area contributed by atoms with E-state index in [1.807, 2.05) is 6.92 Å². The summed E-state index contributed by atoms with van der Waals surface area (Å²) in [4.78, 5) is 5.07. The summed E-state index contributed by atoms with van der Waals surface area (Å²) in [6.07, 6.45) is 4.64. The van der Waals surface area contributed by atoms with Gasteiger partial charge in [0.1, 0.15) is 27.5 Å². The van der Waals surface area contributed by atoms with E-state index in [2.05, 4.69) is 21.7 Å². The smallest absolute Gasteiger partial charge is 0.233 e. The molecular formula is C21H30N6O4S. The summed E-state index contributed by atoms with van der Waals surface area (Å²) in [5, 5.41) is 24.1. The number of fused-ring (bicyclic) bond motifs is 3. The maximum absolute atomic E-state index is 13.3. The van der Waals surface area contributed by atoms with E-state index >= 15 is 0 Å². The third kappa shape index (κ3) is 3.76. The molecule has 2 aliphatic carbocycles. The predicted octanol–water partition coefficient (Wildman–Crippen LogP) is 1.70. The van der Waals surface area contributed by atoms with Gasteiger partial charge in [-0.15, -0.1) is 0 Å². The Bertz CT molecular complexity index is 1160. The minimum atomic E-state index is -3.45. The lowest BCUT2D eigenvalue weighted by Gasteiger charge is -2.24. The molecule has 3 aliphatic rings. The highest BCUT2D eigenvalue weighted by atomic mass is 32.2. The van der Waals surface area contributed by atoms with E-state index in [4.69, 9.17) is 19.6 Å². The van der Waals surface area contributed by atoms with Crippen molar-refractivity contribution in [1.29, 1.82) is 0 Å². The SMILES string of the molecule is CCOC1COc2c(S(N)(=O)=NC(O)Nc3c4c(nc5c3CCC5C)CCC4)cnn2C1. The molecule has 0 saturated carbocycles. The van der Waals surface area contributed by atoms with Crippen LogP contribution in [0.3, 0.4) is 0 Å². The normalized spacial score (nSPS) is 24.1. The second-order valence-electron chi connectivity index (χ2n) is 8.65. The maximum atomic E-state index is 13.3. The third-order valence-electron chi connectivity index (χ3n) is 6.44. The number of hydrogen-bond acceptors (Lipinski definition) is 8. The number of nitrogens with two attached hydrogens (primary N) is 1. The number of pyridine rings is 1. The van der Waals surface area contributed by atoms with Gasteiger partial charge in [-0.2, -0.15) is 9.46 Å². The molecule has 4 atom stereocenters. The molecule has 0 amide bonds. The van der Waals surface area contributed by atoms with E-state index in [0.717, 1.165) is 60.3 Å². The molecular weight excluding hydrogens is 432 g/mol. The Morgan fingerprint density at radius 2 is 2.28 bits per heavy atom. The van der Waals surface area contributed by atoms with Crippen LogP contribution < -0.4 is 15.2 Å². The Hall–Kier alpha value is -2.21. The largest absolute Gasteiger partial charge is 0.474 e. The number of aromatic nitrogens is 3. The zero-order valence-corrected chi connectivity index (χ0v) is 19.2. The van der Waals surface area contributed by atoms with Crippen LogP contribution in [-0.4, -0.2) is 49.7 Å². The van der Waals surface area contributed by atoms with Crippen LogP contribution >= 0.6 is 0 Å². The summed E-state index contributed by atoms with van der Waals surface area (Å²) in [6.45, 7) is 5.46. The molecule has 0 fully saturated rings. The van der Waals surface area contributed by atoms with Crippen molar-refractivity contribution in [3.05, 3.63) is 28.7 Å². The highest BCUT2D eigenvalue weighted by Gasteiger charge is 2.31. The monoisotopic (exact) mass is 462 g/mol. The molecule has 0 saturated heterocycles. The van der Waals surface area contributed by atoms with Crippen LogP contribution in [-0.2, 0) is 40.5 Å². The summed E-state index contributed by atoms with van der Waals surface area (Å²) in [5.41, 5.74) is 5.32. The van der Waals surface area contributed by atoms with Crippen LogP contribution in [0.2, 0.25) is 0 Å². The first kappa shape index (κ1) is 21.6. The Morgan fingerprint density at radius 1 is 1.44 bits per heavy atom. The van der Waals surface area contributed by atoms with Crippen LogP contribution in [0, 0.1) is 0 Å². The highest BCUT2D eigenvalue weighted by Crippen LogP contribution is 2.41. The molecule has 2 aromatic heterocycles. The van der Waals surface area contributed by atoms with Crippen LogP contribution in [0.15, 0.2) is 15.5 Å². The molecule has 0 radical (unpaired) electrons. The van der Waals surface area contributed by atoms with Crippen molar-refractivity contribution >= 4 is 15.6 Å². The highest BCUT2D eigenvalue weighted by molar-refractivity contribution is 7.91. The predicted molar refractivity (Wildman–Crippen MR) is 119 cm³/mol. The van der Waals surface area contributed by atoms with Crippen LogP contribution in [0.1, 0.15) is 55.1 Å². The number of aliphatic hydroxyl groups is 1. The second-order valence-corrected chi connectivity index (χ2v) is 10.4. The Labute approximate surface area is 187 Å². The van der Waals surface area contributed by atoms with Crippen molar-refractivity contribution in [3.8, 4) is 5.88 Å². The number of aliphatic hydroxyl groups excluding tert-OH is 1. The number of anilines is 1. The molecule has 1 aliphatic heterocycles. The van der Waals surface area contributed by atoms with Gasteiger partial charge in [-0.05, 0) is 56.1 Å². The van der Waals surface area contributed by atoms with Crippen molar-refractivity contribution in [2.24, 2.45) is 9.50 Å². The van der Waals surface area contributed by atoms with E-state index < -0.39 is 16.3 Å². The minimum Gasteiger partial charge on any atom is -0.474 e. The van der Waals surface area contributed by atoms with Gasteiger partial charge in [0.2, 0.25) is 12.2 Å². The van der Waals surface area contributed by atoms with E-state index in [9.17, 15) is 9.32 Å². The first-order valence-corrected chi connectivity index (χ1v) is 12.8. The van der Waals surface area contributed by atoms with E-state index in [1.54, 1.807) is 4.68 Å². The minimum absolute atomic E-state index is 0.128. The summed E-state index contributed by atoms with van der Waals surface area (Å²) < 4.78 is 30.2. The van der Waals surface area contributed by atoms with Crippen molar-refractivity contribution in [1.82, 2.24) is 14.8 Å². The summed E-state index contributed by atoms with van der Waals surface area (Å²) in [7, 11) is -3.45. The third-order valence-corrected chi connectivity index (χ3v) is 7.86. The number of nitrogens with zero attached hydrogens (tertiary/aromatic N) is 4. The summed E-state index contributed by atoms with van der Waals surface area (Å²) in [5.74, 6) is 0.699. The van der Waals surface area contributed by atoms with Gasteiger partial charge in [0.15, 0.2) is 0 Å². The molecule has 3 heterocycles. The van der Waals surface area contributed by atoms with E-state index in [0.29, 0.717) is 31.6 Å². The average molecular weight is 463 g/mol. The lowest BCUT2D eigenvalue weighted by atomic mass is 10.0. The van der Waals surface area contributed by atoms with Gasteiger partial charge >= 0.3 is 0 Å². The Balaban J connectivity index is 1.43. The van der Waals surface area contributed by atoms with Gasteiger partial charge in [0.05, 0.1) is 12.7 Å². The summed E-state index contributed by atoms with van der Waals surface area (Å²) >= 11 is 0. The zero-order chi connectivity index (χ0) is 22.5. The Kier molecular flexibility index (Phi) is 5.60. The first-order chi connectivity index (χ1) is 15.4. The number of hydrogen-bond donors (Lipinski definition) is 3. The second kappa shape index (κ2) is 8.29. The van der Waals surface area contributed by atoms with Crippen LogP contribution in [0.25, 0.3) is 0 Å². The quantitative estimate of drug-likeness (QED) is 0.556. The van der Waals surface area contributed by atoms with Gasteiger partial charge in [-0.3, -0.25) is 4.98 Å². The Morgan fingerprint density at radius 3 is 3.09 bits per heavy atom. The molecule has 0 spiro atoms. The van der Waals surface area contributed by atoms with Crippen molar-refractivity contribution in [2.45, 2.75) is 75.8 Å². The van der Waals surface area contributed by atoms with E-state index in [-0.39, 0.29) is 11.0 Å². The van der Waals surface area contributed by atoms with Crippen LogP contribution in [0.5, 0.6) is 5.88 Å². The van der Waals surface area contributed by atoms with Crippen molar-refractivity contribution < 1.29 is 18.8 Å². The fourth-order valence-electron chi connectivity index (χ4n) is 4.92. The zero-order valence-electron chi connectivity index (χ0n) is 18.4. The lowest BCUT2D eigenvalue weighted by Crippen LogP contribution is -2.33. The van der Waals surface area contributed by atoms with Crippen molar-refractivity contribution in [3.63, 3.8) is 0 Å². The van der Waals surface area contributed by atoms with E-state index in [1.165, 1.54) is 6.20 Å². The van der Waals surface area contributed by atoms with Gasteiger partial charge in [0, 0.05) is 23.7 Å². The molecule has 0 aromatic carbocycles. The molecule has 2 aromatic rings. The summed E-state index contributed by atoms with van der Waals surface area (Å²) in [6, 6.07) is 0. The molecule has 0 bridgehead atoms. The number of nitrogens with one attached hydrogen (secondary N) is 1. The molecule has 5 rings (SSSR count). The molecule has 10 nitrogen and oxygen atoms in total. The maximum Gasteiger partial charge on any atom is 0.233 e. The topological polar surface area (TPSA) is 137 Å². The van der Waals surface area contributed by atoms with Gasteiger partial charge in [-0.1, -0.05) is 6.92 Å². The van der Waals surface area contributed by atoms with Gasteiger partial charge < -0.3 is 19.9 Å².